The Labute approximate surface area is 152 Å². The van der Waals surface area contributed by atoms with Crippen LogP contribution in [0.2, 0.25) is 0 Å². The van der Waals surface area contributed by atoms with E-state index in [-0.39, 0.29) is 37.9 Å². The Hall–Kier alpha value is -1.48. The molecule has 0 atom stereocenters. The average Bonchev–Trinajstić information content (AvgIpc) is 1.94. The summed E-state index contributed by atoms with van der Waals surface area (Å²) in [6.45, 7) is 4.86. The molecule has 0 aliphatic heterocycles. The van der Waals surface area contributed by atoms with Crippen molar-refractivity contribution in [2.75, 3.05) is 0 Å². The van der Waals surface area contributed by atoms with Gasteiger partial charge in [-0.15, -0.1) is 0 Å². The number of rotatable bonds is 0. The smallest absolute Gasteiger partial charge is 0.550 e. The largest absolute Gasteiger partial charge is 3.00 e. The maximum atomic E-state index is 8.89. The van der Waals surface area contributed by atoms with Crippen LogP contribution in [0.15, 0.2) is 0 Å². The SMILES string of the molecule is CC(=O)[O-].CC(=O)[O-].CC(=O)[O-].CC(=O)[O-].CC(=O)[O-].[SH4+2].[Sb+3]. The Balaban J connectivity index is -0.0000000250. The first-order valence-corrected chi connectivity index (χ1v) is 4.54. The van der Waals surface area contributed by atoms with Gasteiger partial charge in [0, 0.05) is 29.8 Å². The number of carbonyl (C=O) groups is 5. The first-order valence-electron chi connectivity index (χ1n) is 4.54. The first kappa shape index (κ1) is 42.8. The maximum Gasteiger partial charge on any atom is 3.00 e. The molecule has 0 saturated carbocycles. The molecule has 0 N–H and O–H groups in total. The Kier molecular flexibility index (Phi) is 71.2. The second-order valence-corrected chi connectivity index (χ2v) is 2.46. The van der Waals surface area contributed by atoms with Crippen LogP contribution in [0.5, 0.6) is 0 Å². The van der Waals surface area contributed by atoms with Gasteiger partial charge in [0.05, 0.1) is 0 Å². The molecule has 0 aliphatic carbocycles. The molecular weight excluding hydrogens is 434 g/mol. The standard InChI is InChI=1S/5C2H4O2.H4S.Sb/c5*1-2(3)4;;/h5*1H3,(H,3,4);1H4;/q;;;;;+2;+3/p-5. The van der Waals surface area contributed by atoms with Crippen LogP contribution >= 0.6 is 0 Å². The molecule has 130 valence electrons. The van der Waals surface area contributed by atoms with Crippen LogP contribution in [0, 0.1) is 0 Å². The quantitative estimate of drug-likeness (QED) is 0.317. The molecule has 0 amide bonds. The van der Waals surface area contributed by atoms with Crippen molar-refractivity contribution in [1.82, 2.24) is 0 Å². The Morgan fingerprint density at radius 1 is 0.455 bits per heavy atom. The van der Waals surface area contributed by atoms with Crippen molar-refractivity contribution in [3.63, 3.8) is 0 Å². The van der Waals surface area contributed by atoms with Gasteiger partial charge in [0.1, 0.15) is 0 Å². The fourth-order valence-electron chi connectivity index (χ4n) is 0. The van der Waals surface area contributed by atoms with Gasteiger partial charge in [-0.2, -0.15) is 0 Å². The fourth-order valence-corrected chi connectivity index (χ4v) is 0. The van der Waals surface area contributed by atoms with Gasteiger partial charge in [0.15, 0.2) is 0 Å². The van der Waals surface area contributed by atoms with Crippen LogP contribution in [0.4, 0.5) is 0 Å². The van der Waals surface area contributed by atoms with Gasteiger partial charge in [-0.1, -0.05) is 0 Å². The molecule has 0 spiro atoms. The molecule has 0 aliphatic rings. The summed E-state index contributed by atoms with van der Waals surface area (Å²) in [7, 11) is 0. The molecule has 0 rings (SSSR count). The van der Waals surface area contributed by atoms with Crippen LogP contribution in [-0.4, -0.2) is 54.3 Å². The Morgan fingerprint density at radius 2 is 0.455 bits per heavy atom. The maximum absolute atomic E-state index is 8.89. The van der Waals surface area contributed by atoms with Crippen molar-refractivity contribution in [2.45, 2.75) is 34.6 Å². The van der Waals surface area contributed by atoms with E-state index >= 15 is 0 Å². The van der Waals surface area contributed by atoms with Crippen molar-refractivity contribution in [2.24, 2.45) is 0 Å². The summed E-state index contributed by atoms with van der Waals surface area (Å²) in [5, 5.41) is 44.4. The molecular formula is C10H19O10SSb. The normalized spacial score (nSPS) is 5.68. The van der Waals surface area contributed by atoms with E-state index in [0.29, 0.717) is 0 Å². The molecule has 2 radical (unpaired) electrons. The zero-order chi connectivity index (χ0) is 17.9. The van der Waals surface area contributed by atoms with Gasteiger partial charge in [-0.05, 0) is 34.6 Å². The molecule has 12 heteroatoms. The third-order valence-corrected chi connectivity index (χ3v) is 0. The fraction of sp³-hybridized carbons (Fsp3) is 0.500. The number of hydrogen-bond donors (Lipinski definition) is 0. The van der Waals surface area contributed by atoms with Gasteiger partial charge in [-0.3, -0.25) is 0 Å². The Bertz CT molecular complexity index is 216. The van der Waals surface area contributed by atoms with Crippen LogP contribution in [0.1, 0.15) is 34.6 Å². The first-order chi connectivity index (χ1) is 8.66. The number of carbonyl (C=O) groups excluding carboxylic acids is 5. The summed E-state index contributed by atoms with van der Waals surface area (Å²) in [6.07, 6.45) is 0. The van der Waals surface area contributed by atoms with E-state index < -0.39 is 29.8 Å². The minimum atomic E-state index is -1.08. The Morgan fingerprint density at radius 3 is 0.455 bits per heavy atom. The second-order valence-electron chi connectivity index (χ2n) is 2.46. The van der Waals surface area contributed by atoms with Gasteiger partial charge in [0.25, 0.3) is 0 Å². The van der Waals surface area contributed by atoms with Crippen molar-refractivity contribution >= 4 is 67.8 Å². The monoisotopic (exact) mass is 452 g/mol. The third kappa shape index (κ3) is 2590. The predicted molar refractivity (Wildman–Crippen MR) is 72.1 cm³/mol. The van der Waals surface area contributed by atoms with Gasteiger partial charge >= 0.3 is 24.4 Å². The summed E-state index contributed by atoms with van der Waals surface area (Å²) in [6, 6.07) is 0. The second kappa shape index (κ2) is 36.6. The molecule has 0 heterocycles. The average molecular weight is 453 g/mol. The summed E-state index contributed by atoms with van der Waals surface area (Å²) in [4.78, 5) is 44.4. The summed E-state index contributed by atoms with van der Waals surface area (Å²) in [5.41, 5.74) is 0. The molecule has 0 aromatic heterocycles. The van der Waals surface area contributed by atoms with Crippen molar-refractivity contribution in [3.8, 4) is 0 Å². The minimum absolute atomic E-state index is 0. The molecule has 0 fully saturated rings. The van der Waals surface area contributed by atoms with E-state index in [1.165, 1.54) is 0 Å². The van der Waals surface area contributed by atoms with Crippen LogP contribution < -0.4 is 25.5 Å². The predicted octanol–water partition coefficient (Wildman–Crippen LogP) is -7.67. The number of aliphatic carboxylic acids is 5. The summed E-state index contributed by atoms with van der Waals surface area (Å²) < 4.78 is 0. The van der Waals surface area contributed by atoms with Crippen molar-refractivity contribution < 1.29 is 49.5 Å². The number of carboxylic acid groups (broad SMARTS) is 5. The molecule has 0 bridgehead atoms. The zero-order valence-corrected chi connectivity index (χ0v) is 16.7. The molecule has 0 aromatic rings. The summed E-state index contributed by atoms with van der Waals surface area (Å²) >= 11 is 0. The van der Waals surface area contributed by atoms with E-state index in [1.54, 1.807) is 0 Å². The zero-order valence-electron chi connectivity index (χ0n) is 12.7. The van der Waals surface area contributed by atoms with Crippen LogP contribution in [0.3, 0.4) is 0 Å². The van der Waals surface area contributed by atoms with Crippen LogP contribution in [-0.2, 0) is 37.5 Å². The molecule has 0 saturated heterocycles. The van der Waals surface area contributed by atoms with Crippen LogP contribution in [0.25, 0.3) is 0 Å². The van der Waals surface area contributed by atoms with Crippen molar-refractivity contribution in [3.05, 3.63) is 0 Å². The minimum Gasteiger partial charge on any atom is -0.550 e. The van der Waals surface area contributed by atoms with E-state index in [1.807, 2.05) is 0 Å². The number of hydrogen-bond acceptors (Lipinski definition) is 10. The molecule has 10 nitrogen and oxygen atoms in total. The molecule has 0 unspecified atom stereocenters. The van der Waals surface area contributed by atoms with Crippen molar-refractivity contribution in [1.29, 1.82) is 0 Å². The molecule has 22 heavy (non-hydrogen) atoms. The van der Waals surface area contributed by atoms with E-state index in [9.17, 15) is 0 Å². The topological polar surface area (TPSA) is 201 Å². The van der Waals surface area contributed by atoms with Gasteiger partial charge in [0.2, 0.25) is 0 Å². The number of carboxylic acids is 5. The van der Waals surface area contributed by atoms with Gasteiger partial charge in [-0.25, -0.2) is 13.5 Å². The third-order valence-electron chi connectivity index (χ3n) is 0. The van der Waals surface area contributed by atoms with E-state index in [0.717, 1.165) is 34.6 Å². The summed E-state index contributed by atoms with van der Waals surface area (Å²) in [5.74, 6) is -5.42. The van der Waals surface area contributed by atoms with Gasteiger partial charge < -0.3 is 49.5 Å². The molecule has 0 aromatic carbocycles. The van der Waals surface area contributed by atoms with E-state index in [4.69, 9.17) is 49.5 Å². The van der Waals surface area contributed by atoms with E-state index in [2.05, 4.69) is 0 Å².